The molecule has 0 radical (unpaired) electrons. The standard InChI is InChI=1S/C9H7N3O2S/c10-7(13)4-1-2-12-9-5(4)3-6(15-9)8(11)14/h1-3H,(H2,10,13)(H2,11,14). The molecule has 0 unspecified atom stereocenters. The predicted octanol–water partition coefficient (Wildman–Crippen LogP) is 0.494. The van der Waals surface area contributed by atoms with Crippen LogP contribution >= 0.6 is 11.3 Å². The van der Waals surface area contributed by atoms with Crippen LogP contribution in [0.3, 0.4) is 0 Å². The number of amides is 2. The Kier molecular flexibility index (Phi) is 2.12. The van der Waals surface area contributed by atoms with E-state index in [0.717, 1.165) is 11.3 Å². The highest BCUT2D eigenvalue weighted by atomic mass is 32.1. The molecule has 5 nitrogen and oxygen atoms in total. The Morgan fingerprint density at radius 2 is 2.00 bits per heavy atom. The average molecular weight is 221 g/mol. The number of rotatable bonds is 2. The number of carbonyl (C=O) groups is 2. The van der Waals surface area contributed by atoms with E-state index in [1.54, 1.807) is 0 Å². The lowest BCUT2D eigenvalue weighted by molar-refractivity contribution is 0.0993. The molecule has 2 rings (SSSR count). The van der Waals surface area contributed by atoms with E-state index in [4.69, 9.17) is 11.5 Å². The fourth-order valence-electron chi connectivity index (χ4n) is 1.28. The van der Waals surface area contributed by atoms with E-state index in [9.17, 15) is 9.59 Å². The molecule has 15 heavy (non-hydrogen) atoms. The number of thiophene rings is 1. The Hall–Kier alpha value is -1.95. The molecule has 0 aliphatic rings. The Balaban J connectivity index is 2.75. The lowest BCUT2D eigenvalue weighted by Crippen LogP contribution is -2.11. The van der Waals surface area contributed by atoms with E-state index in [0.29, 0.717) is 20.7 Å². The van der Waals surface area contributed by atoms with Gasteiger partial charge in [-0.05, 0) is 12.1 Å². The van der Waals surface area contributed by atoms with Gasteiger partial charge in [-0.15, -0.1) is 11.3 Å². The summed E-state index contributed by atoms with van der Waals surface area (Å²) < 4.78 is 0. The first-order valence-corrected chi connectivity index (χ1v) is 4.89. The molecule has 2 aromatic heterocycles. The lowest BCUT2D eigenvalue weighted by atomic mass is 10.2. The van der Waals surface area contributed by atoms with Crippen molar-refractivity contribution in [2.75, 3.05) is 0 Å². The third-order valence-corrected chi connectivity index (χ3v) is 3.00. The van der Waals surface area contributed by atoms with Gasteiger partial charge in [-0.1, -0.05) is 0 Å². The van der Waals surface area contributed by atoms with E-state index in [1.807, 2.05) is 0 Å². The molecule has 2 amide bonds. The number of aromatic nitrogens is 1. The number of fused-ring (bicyclic) bond motifs is 1. The maximum atomic E-state index is 11.1. The van der Waals surface area contributed by atoms with Crippen LogP contribution in [0.4, 0.5) is 0 Å². The van der Waals surface area contributed by atoms with Crippen LogP contribution in [-0.4, -0.2) is 16.8 Å². The molecule has 0 saturated carbocycles. The van der Waals surface area contributed by atoms with E-state index < -0.39 is 11.8 Å². The van der Waals surface area contributed by atoms with Crippen molar-refractivity contribution in [2.24, 2.45) is 11.5 Å². The smallest absolute Gasteiger partial charge is 0.258 e. The zero-order chi connectivity index (χ0) is 11.0. The molecule has 0 spiro atoms. The Morgan fingerprint density at radius 3 is 2.60 bits per heavy atom. The topological polar surface area (TPSA) is 99.1 Å². The zero-order valence-corrected chi connectivity index (χ0v) is 8.38. The monoisotopic (exact) mass is 221 g/mol. The molecule has 6 heteroatoms. The first-order chi connectivity index (χ1) is 7.09. The number of nitrogens with two attached hydrogens (primary N) is 2. The van der Waals surface area contributed by atoms with Crippen LogP contribution in [0.15, 0.2) is 18.3 Å². The van der Waals surface area contributed by atoms with Crippen molar-refractivity contribution < 1.29 is 9.59 Å². The van der Waals surface area contributed by atoms with Gasteiger partial charge in [0.05, 0.1) is 10.4 Å². The molecule has 4 N–H and O–H groups in total. The second kappa shape index (κ2) is 3.32. The van der Waals surface area contributed by atoms with E-state index >= 15 is 0 Å². The van der Waals surface area contributed by atoms with E-state index in [-0.39, 0.29) is 0 Å². The van der Waals surface area contributed by atoms with Gasteiger partial charge in [-0.3, -0.25) is 9.59 Å². The molecule has 0 aliphatic carbocycles. The van der Waals surface area contributed by atoms with Crippen molar-refractivity contribution in [1.82, 2.24) is 4.98 Å². The van der Waals surface area contributed by atoms with Crippen molar-refractivity contribution in [3.05, 3.63) is 28.8 Å². The van der Waals surface area contributed by atoms with Crippen LogP contribution in [0.1, 0.15) is 20.0 Å². The van der Waals surface area contributed by atoms with Gasteiger partial charge in [0, 0.05) is 11.6 Å². The van der Waals surface area contributed by atoms with Gasteiger partial charge >= 0.3 is 0 Å². The average Bonchev–Trinajstić information content (AvgIpc) is 2.60. The van der Waals surface area contributed by atoms with Crippen molar-refractivity contribution in [3.8, 4) is 0 Å². The van der Waals surface area contributed by atoms with Gasteiger partial charge in [-0.2, -0.15) is 0 Å². The Bertz CT molecular complexity index is 561. The molecule has 2 aromatic rings. The molecule has 2 heterocycles. The summed E-state index contributed by atoms with van der Waals surface area (Å²) >= 11 is 1.14. The summed E-state index contributed by atoms with van der Waals surface area (Å²) in [4.78, 5) is 27.0. The lowest BCUT2D eigenvalue weighted by Gasteiger charge is -1.95. The van der Waals surface area contributed by atoms with Gasteiger partial charge in [0.2, 0.25) is 5.91 Å². The van der Waals surface area contributed by atoms with Gasteiger partial charge in [0.15, 0.2) is 0 Å². The maximum absolute atomic E-state index is 11.1. The summed E-state index contributed by atoms with van der Waals surface area (Å²) in [6.45, 7) is 0. The number of pyridine rings is 1. The van der Waals surface area contributed by atoms with Crippen LogP contribution in [0.2, 0.25) is 0 Å². The SMILES string of the molecule is NC(=O)c1cc2c(C(N)=O)ccnc2s1. The normalized spacial score (nSPS) is 10.4. The number of hydrogen-bond acceptors (Lipinski definition) is 4. The van der Waals surface area contributed by atoms with Crippen LogP contribution in [-0.2, 0) is 0 Å². The number of primary amides is 2. The highest BCUT2D eigenvalue weighted by molar-refractivity contribution is 7.20. The molecule has 0 atom stereocenters. The molecule has 0 fully saturated rings. The molecule has 0 aromatic carbocycles. The minimum Gasteiger partial charge on any atom is -0.366 e. The maximum Gasteiger partial charge on any atom is 0.258 e. The molecule has 0 bridgehead atoms. The van der Waals surface area contributed by atoms with Crippen LogP contribution in [0.25, 0.3) is 10.2 Å². The van der Waals surface area contributed by atoms with E-state index in [2.05, 4.69) is 4.98 Å². The molecular weight excluding hydrogens is 214 g/mol. The predicted molar refractivity (Wildman–Crippen MR) is 56.7 cm³/mol. The molecule has 0 aliphatic heterocycles. The first kappa shape index (κ1) is 9.60. The third-order valence-electron chi connectivity index (χ3n) is 1.94. The largest absolute Gasteiger partial charge is 0.366 e. The number of carbonyl (C=O) groups excluding carboxylic acids is 2. The van der Waals surface area contributed by atoms with Crippen molar-refractivity contribution >= 4 is 33.4 Å². The molecule has 76 valence electrons. The number of nitrogens with zero attached hydrogens (tertiary/aromatic N) is 1. The summed E-state index contributed by atoms with van der Waals surface area (Å²) in [5.74, 6) is -1.08. The first-order valence-electron chi connectivity index (χ1n) is 4.08. The van der Waals surface area contributed by atoms with Crippen molar-refractivity contribution in [2.45, 2.75) is 0 Å². The highest BCUT2D eigenvalue weighted by Gasteiger charge is 2.12. The van der Waals surface area contributed by atoms with Crippen LogP contribution in [0, 0.1) is 0 Å². The summed E-state index contributed by atoms with van der Waals surface area (Å²) in [6, 6.07) is 3.05. The molecule has 0 saturated heterocycles. The van der Waals surface area contributed by atoms with Gasteiger partial charge in [-0.25, -0.2) is 4.98 Å². The summed E-state index contributed by atoms with van der Waals surface area (Å²) in [6.07, 6.45) is 1.48. The van der Waals surface area contributed by atoms with Gasteiger partial charge in [0.25, 0.3) is 5.91 Å². The van der Waals surface area contributed by atoms with Crippen LogP contribution in [0.5, 0.6) is 0 Å². The van der Waals surface area contributed by atoms with Crippen molar-refractivity contribution in [3.63, 3.8) is 0 Å². The minimum absolute atomic E-state index is 0.351. The summed E-state index contributed by atoms with van der Waals surface area (Å²) in [5.41, 5.74) is 10.7. The van der Waals surface area contributed by atoms with Gasteiger partial charge < -0.3 is 11.5 Å². The third kappa shape index (κ3) is 1.55. The fraction of sp³-hybridized carbons (Fsp3) is 0. The summed E-state index contributed by atoms with van der Waals surface area (Å²) in [7, 11) is 0. The highest BCUT2D eigenvalue weighted by Crippen LogP contribution is 2.25. The van der Waals surface area contributed by atoms with Crippen molar-refractivity contribution in [1.29, 1.82) is 0 Å². The van der Waals surface area contributed by atoms with Crippen LogP contribution < -0.4 is 11.5 Å². The number of hydrogen-bond donors (Lipinski definition) is 2. The Labute approximate surface area is 88.7 Å². The second-order valence-corrected chi connectivity index (χ2v) is 3.95. The van der Waals surface area contributed by atoms with Gasteiger partial charge in [0.1, 0.15) is 4.83 Å². The fourth-order valence-corrected chi connectivity index (χ4v) is 2.15. The second-order valence-electron chi connectivity index (χ2n) is 2.92. The Morgan fingerprint density at radius 1 is 1.27 bits per heavy atom. The minimum atomic E-state index is -0.545. The summed E-state index contributed by atoms with van der Waals surface area (Å²) in [5, 5.41) is 0.573. The molecular formula is C9H7N3O2S. The van der Waals surface area contributed by atoms with E-state index in [1.165, 1.54) is 18.3 Å². The zero-order valence-electron chi connectivity index (χ0n) is 7.56. The quantitative estimate of drug-likeness (QED) is 0.772.